The highest BCUT2D eigenvalue weighted by Crippen LogP contribution is 2.36. The Labute approximate surface area is 228 Å². The SMILES string of the molecule is C[C@@H]1CN(c2cc(=O)n(C)c3ccc(C#N)nc23)[C@@H](C)CN1C(c1ccc(CO)cc1)c1ccc(CO)cc1. The minimum Gasteiger partial charge on any atom is -0.392 e. The quantitative estimate of drug-likeness (QED) is 0.399. The first-order valence-electron chi connectivity index (χ1n) is 13.2. The van der Waals surface area contributed by atoms with E-state index in [1.54, 1.807) is 29.8 Å². The largest absolute Gasteiger partial charge is 0.392 e. The van der Waals surface area contributed by atoms with Gasteiger partial charge in [-0.15, -0.1) is 0 Å². The molecule has 39 heavy (non-hydrogen) atoms. The number of aromatic nitrogens is 2. The summed E-state index contributed by atoms with van der Waals surface area (Å²) in [4.78, 5) is 22.2. The van der Waals surface area contributed by atoms with Crippen LogP contribution in [0.25, 0.3) is 11.0 Å². The number of fused-ring (bicyclic) bond motifs is 1. The van der Waals surface area contributed by atoms with Gasteiger partial charge in [-0.1, -0.05) is 48.5 Å². The standard InChI is InChI=1S/C31H33N5O3/c1-20-17-36(31(24-8-4-22(18-37)5-9-24)25-10-6-23(19-38)7-11-25)21(2)16-35(20)28-14-29(39)34(3)27-13-12-26(15-32)33-30(27)28/h4-14,20-21,31,37-38H,16-19H2,1-3H3/t20-,21+/m0/s1. The van der Waals surface area contributed by atoms with Crippen molar-refractivity contribution in [3.63, 3.8) is 0 Å². The van der Waals surface area contributed by atoms with E-state index >= 15 is 0 Å². The molecule has 4 aromatic rings. The Bertz CT molecular complexity index is 1530. The number of nitriles is 1. The van der Waals surface area contributed by atoms with Crippen LogP contribution in [-0.4, -0.2) is 49.8 Å². The Morgan fingerprint density at radius 1 is 0.923 bits per heavy atom. The van der Waals surface area contributed by atoms with Gasteiger partial charge in [-0.05, 0) is 48.2 Å². The summed E-state index contributed by atoms with van der Waals surface area (Å²) in [5, 5.41) is 28.6. The summed E-state index contributed by atoms with van der Waals surface area (Å²) in [6.45, 7) is 5.72. The van der Waals surface area contributed by atoms with Crippen LogP contribution in [0.15, 0.2) is 71.5 Å². The van der Waals surface area contributed by atoms with Crippen LogP contribution in [0.3, 0.4) is 0 Å². The van der Waals surface area contributed by atoms with E-state index in [1.807, 2.05) is 24.3 Å². The van der Waals surface area contributed by atoms with Crippen molar-refractivity contribution in [3.8, 4) is 6.07 Å². The molecular formula is C31H33N5O3. The predicted molar refractivity (Wildman–Crippen MR) is 151 cm³/mol. The number of pyridine rings is 2. The predicted octanol–water partition coefficient (Wildman–Crippen LogP) is 3.48. The molecule has 3 heterocycles. The monoisotopic (exact) mass is 523 g/mol. The molecule has 2 atom stereocenters. The van der Waals surface area contributed by atoms with Crippen LogP contribution in [0.4, 0.5) is 5.69 Å². The van der Waals surface area contributed by atoms with Gasteiger partial charge in [0.05, 0.1) is 30.5 Å². The van der Waals surface area contributed by atoms with Crippen molar-refractivity contribution in [1.82, 2.24) is 14.5 Å². The fourth-order valence-corrected chi connectivity index (χ4v) is 5.63. The van der Waals surface area contributed by atoms with Gasteiger partial charge in [-0.3, -0.25) is 9.69 Å². The van der Waals surface area contributed by atoms with Crippen LogP contribution in [-0.2, 0) is 20.3 Å². The van der Waals surface area contributed by atoms with Gasteiger partial charge in [0.2, 0.25) is 0 Å². The smallest absolute Gasteiger partial charge is 0.252 e. The summed E-state index contributed by atoms with van der Waals surface area (Å²) in [5.41, 5.74) is 6.27. The zero-order valence-corrected chi connectivity index (χ0v) is 22.5. The number of aliphatic hydroxyl groups is 2. The van der Waals surface area contributed by atoms with E-state index in [0.717, 1.165) is 34.5 Å². The molecule has 5 rings (SSSR count). The highest BCUT2D eigenvalue weighted by atomic mass is 16.3. The lowest BCUT2D eigenvalue weighted by atomic mass is 9.92. The molecule has 2 N–H and O–H groups in total. The van der Waals surface area contributed by atoms with Gasteiger partial charge in [0.1, 0.15) is 17.3 Å². The lowest BCUT2D eigenvalue weighted by Gasteiger charge is -2.48. The Morgan fingerprint density at radius 3 is 2.05 bits per heavy atom. The third-order valence-corrected chi connectivity index (χ3v) is 7.81. The lowest BCUT2D eigenvalue weighted by molar-refractivity contribution is 0.130. The summed E-state index contributed by atoms with van der Waals surface area (Å²) >= 11 is 0. The number of rotatable bonds is 6. The Morgan fingerprint density at radius 2 is 1.51 bits per heavy atom. The molecule has 1 aliphatic heterocycles. The molecule has 0 saturated carbocycles. The van der Waals surface area contributed by atoms with E-state index in [1.165, 1.54) is 0 Å². The van der Waals surface area contributed by atoms with Gasteiger partial charge in [-0.2, -0.15) is 5.26 Å². The molecule has 1 aliphatic rings. The maximum absolute atomic E-state index is 12.9. The average molecular weight is 524 g/mol. The first-order valence-corrected chi connectivity index (χ1v) is 13.2. The molecular weight excluding hydrogens is 490 g/mol. The van der Waals surface area contributed by atoms with Crippen molar-refractivity contribution < 1.29 is 10.2 Å². The molecule has 8 nitrogen and oxygen atoms in total. The normalized spacial score (nSPS) is 18.0. The fraction of sp³-hybridized carbons (Fsp3) is 0.323. The van der Waals surface area contributed by atoms with Crippen LogP contribution in [0.5, 0.6) is 0 Å². The summed E-state index contributed by atoms with van der Waals surface area (Å²) in [6, 6.07) is 23.4. The Kier molecular flexibility index (Phi) is 7.49. The lowest BCUT2D eigenvalue weighted by Crippen LogP contribution is -2.57. The number of hydrogen-bond donors (Lipinski definition) is 2. The number of piperazine rings is 1. The summed E-state index contributed by atoms with van der Waals surface area (Å²) in [6.07, 6.45) is 0. The van der Waals surface area contributed by atoms with Gasteiger partial charge in [0, 0.05) is 38.3 Å². The van der Waals surface area contributed by atoms with Crippen LogP contribution >= 0.6 is 0 Å². The molecule has 0 spiro atoms. The molecule has 0 aliphatic carbocycles. The van der Waals surface area contributed by atoms with Crippen LogP contribution in [0.2, 0.25) is 0 Å². The number of nitrogens with zero attached hydrogens (tertiary/aromatic N) is 5. The van der Waals surface area contributed by atoms with Crippen molar-refractivity contribution in [2.45, 2.75) is 45.2 Å². The van der Waals surface area contributed by atoms with Gasteiger partial charge in [-0.25, -0.2) is 4.98 Å². The van der Waals surface area contributed by atoms with Gasteiger partial charge >= 0.3 is 0 Å². The van der Waals surface area contributed by atoms with Crippen molar-refractivity contribution in [3.05, 3.63) is 105 Å². The van der Waals surface area contributed by atoms with E-state index in [2.05, 4.69) is 59.0 Å². The van der Waals surface area contributed by atoms with Crippen LogP contribution in [0, 0.1) is 11.3 Å². The number of aryl methyl sites for hydroxylation is 1. The van der Waals surface area contributed by atoms with E-state index in [9.17, 15) is 20.3 Å². The molecule has 200 valence electrons. The second-order valence-electron chi connectivity index (χ2n) is 10.4. The first kappa shape index (κ1) is 26.6. The number of benzene rings is 2. The number of anilines is 1. The minimum absolute atomic E-state index is 0.00565. The maximum atomic E-state index is 12.9. The zero-order chi connectivity index (χ0) is 27.7. The molecule has 2 aromatic carbocycles. The first-order chi connectivity index (χ1) is 18.8. The van der Waals surface area contributed by atoms with Crippen LogP contribution in [0.1, 0.15) is 47.8 Å². The second kappa shape index (κ2) is 11.0. The van der Waals surface area contributed by atoms with Gasteiger partial charge in [0.25, 0.3) is 5.56 Å². The van der Waals surface area contributed by atoms with Crippen molar-refractivity contribution in [2.75, 3.05) is 18.0 Å². The van der Waals surface area contributed by atoms with Gasteiger partial charge < -0.3 is 19.7 Å². The topological polar surface area (TPSA) is 106 Å². The highest BCUT2D eigenvalue weighted by Gasteiger charge is 2.36. The Balaban J connectivity index is 1.54. The third kappa shape index (κ3) is 5.04. The highest BCUT2D eigenvalue weighted by molar-refractivity contribution is 5.89. The van der Waals surface area contributed by atoms with Gasteiger partial charge in [0.15, 0.2) is 0 Å². The maximum Gasteiger partial charge on any atom is 0.252 e. The third-order valence-electron chi connectivity index (χ3n) is 7.81. The molecule has 0 bridgehead atoms. The van der Waals surface area contributed by atoms with Crippen LogP contribution < -0.4 is 10.5 Å². The van der Waals surface area contributed by atoms with Crippen molar-refractivity contribution in [2.24, 2.45) is 7.05 Å². The summed E-state index contributed by atoms with van der Waals surface area (Å²) in [5.74, 6) is 0. The fourth-order valence-electron chi connectivity index (χ4n) is 5.63. The molecule has 0 unspecified atom stereocenters. The van der Waals surface area contributed by atoms with Crippen molar-refractivity contribution in [1.29, 1.82) is 5.26 Å². The van der Waals surface area contributed by atoms with Crippen molar-refractivity contribution >= 4 is 16.7 Å². The number of hydrogen-bond acceptors (Lipinski definition) is 7. The summed E-state index contributed by atoms with van der Waals surface area (Å²) < 4.78 is 1.57. The molecule has 0 amide bonds. The Hall–Kier alpha value is -4.03. The molecule has 1 fully saturated rings. The minimum atomic E-state index is -0.114. The molecule has 0 radical (unpaired) electrons. The molecule has 8 heteroatoms. The van der Waals surface area contributed by atoms with E-state index < -0.39 is 0 Å². The van der Waals surface area contributed by atoms with E-state index in [4.69, 9.17) is 0 Å². The average Bonchev–Trinajstić information content (AvgIpc) is 2.97. The second-order valence-corrected chi connectivity index (χ2v) is 10.4. The number of aliphatic hydroxyl groups excluding tert-OH is 2. The van der Waals surface area contributed by atoms with E-state index in [0.29, 0.717) is 23.3 Å². The molecule has 2 aromatic heterocycles. The summed E-state index contributed by atoms with van der Waals surface area (Å²) in [7, 11) is 1.72. The zero-order valence-electron chi connectivity index (χ0n) is 22.5. The van der Waals surface area contributed by atoms with E-state index in [-0.39, 0.29) is 36.9 Å². The molecule has 1 saturated heterocycles.